The van der Waals surface area contributed by atoms with Gasteiger partial charge in [0.15, 0.2) is 6.29 Å². The van der Waals surface area contributed by atoms with E-state index in [9.17, 15) is 30.3 Å². The molecule has 1 aliphatic heterocycles. The lowest BCUT2D eigenvalue weighted by Gasteiger charge is -2.40. The van der Waals surface area contributed by atoms with Gasteiger partial charge in [-0.15, -0.1) is 0 Å². The molecule has 0 aromatic rings. The minimum absolute atomic E-state index is 0.191. The minimum atomic E-state index is -1.58. The summed E-state index contributed by atoms with van der Waals surface area (Å²) in [4.78, 5) is 13.1. The maximum absolute atomic E-state index is 13.1. The Morgan fingerprint density at radius 1 is 0.479 bits per heavy atom. The Kier molecular flexibility index (Phi) is 49.5. The Bertz CT molecular complexity index is 1420. The highest BCUT2D eigenvalue weighted by atomic mass is 16.7. The van der Waals surface area contributed by atoms with E-state index in [4.69, 9.17) is 9.47 Å². The SMILES string of the molecule is CC/C=C\C/C=C\C/C=C\C/C=C\C/C=C\CCCCCCCCCCCCCC(=O)NC(COC1OC(CO)C(O)C(O)C1O)C(O)/C=C/CC/C=C/CCCCCCCCCCCCCCCCCCC. The number of amides is 1. The molecule has 0 saturated carbocycles. The van der Waals surface area contributed by atoms with Crippen LogP contribution in [0, 0.1) is 0 Å². The highest BCUT2D eigenvalue weighted by Gasteiger charge is 2.44. The van der Waals surface area contributed by atoms with E-state index in [1.165, 1.54) is 161 Å². The smallest absolute Gasteiger partial charge is 0.220 e. The number of rotatable bonds is 51. The number of nitrogens with one attached hydrogen (secondary N) is 1. The van der Waals surface area contributed by atoms with Crippen molar-refractivity contribution in [1.82, 2.24) is 5.32 Å². The summed E-state index contributed by atoms with van der Waals surface area (Å²) in [5.74, 6) is -0.191. The van der Waals surface area contributed by atoms with Crippen molar-refractivity contribution in [1.29, 1.82) is 0 Å². The average molecular weight is 1020 g/mol. The first kappa shape index (κ1) is 68.4. The molecular formula is C64H113NO8. The van der Waals surface area contributed by atoms with Gasteiger partial charge in [-0.1, -0.05) is 259 Å². The van der Waals surface area contributed by atoms with Crippen LogP contribution in [-0.2, 0) is 14.3 Å². The zero-order chi connectivity index (χ0) is 52.9. The van der Waals surface area contributed by atoms with Crippen molar-refractivity contribution in [2.45, 2.75) is 301 Å². The first-order valence-electron chi connectivity index (χ1n) is 30.3. The van der Waals surface area contributed by atoms with E-state index in [0.29, 0.717) is 6.42 Å². The lowest BCUT2D eigenvalue weighted by atomic mass is 9.99. The zero-order valence-electron chi connectivity index (χ0n) is 46.9. The van der Waals surface area contributed by atoms with E-state index in [2.05, 4.69) is 92.1 Å². The van der Waals surface area contributed by atoms with Crippen molar-refractivity contribution in [2.24, 2.45) is 0 Å². The van der Waals surface area contributed by atoms with Crippen molar-refractivity contribution >= 4 is 5.91 Å². The Morgan fingerprint density at radius 2 is 0.863 bits per heavy atom. The molecule has 1 saturated heterocycles. The molecule has 1 amide bonds. The van der Waals surface area contributed by atoms with Crippen LogP contribution < -0.4 is 5.32 Å². The highest BCUT2D eigenvalue weighted by Crippen LogP contribution is 2.23. The molecule has 9 heteroatoms. The predicted molar refractivity (Wildman–Crippen MR) is 308 cm³/mol. The molecule has 0 radical (unpaired) electrons. The maximum Gasteiger partial charge on any atom is 0.220 e. The minimum Gasteiger partial charge on any atom is -0.394 e. The summed E-state index contributed by atoms with van der Waals surface area (Å²) in [6.07, 6.45) is 67.9. The second-order valence-electron chi connectivity index (χ2n) is 20.8. The molecule has 7 atom stereocenters. The fourth-order valence-electron chi connectivity index (χ4n) is 9.20. The Hall–Kier alpha value is -2.63. The third kappa shape index (κ3) is 42.2. The summed E-state index contributed by atoms with van der Waals surface area (Å²) in [7, 11) is 0. The average Bonchev–Trinajstić information content (AvgIpc) is 3.39. The normalized spacial score (nSPS) is 19.7. The van der Waals surface area contributed by atoms with Crippen molar-refractivity contribution in [3.8, 4) is 0 Å². The maximum atomic E-state index is 13.1. The largest absolute Gasteiger partial charge is 0.394 e. The molecule has 7 unspecified atom stereocenters. The van der Waals surface area contributed by atoms with Gasteiger partial charge in [0.1, 0.15) is 24.4 Å². The van der Waals surface area contributed by atoms with Crippen molar-refractivity contribution in [2.75, 3.05) is 13.2 Å². The van der Waals surface area contributed by atoms with Crippen LogP contribution in [0.3, 0.4) is 0 Å². The number of hydrogen-bond donors (Lipinski definition) is 6. The third-order valence-electron chi connectivity index (χ3n) is 14.0. The second-order valence-corrected chi connectivity index (χ2v) is 20.8. The van der Waals surface area contributed by atoms with E-state index in [1.807, 2.05) is 6.08 Å². The fraction of sp³-hybridized carbons (Fsp3) is 0.766. The van der Waals surface area contributed by atoms with Gasteiger partial charge in [-0.05, 0) is 77.0 Å². The van der Waals surface area contributed by atoms with E-state index in [-0.39, 0.29) is 12.5 Å². The van der Waals surface area contributed by atoms with E-state index >= 15 is 0 Å². The number of hydrogen-bond acceptors (Lipinski definition) is 8. The molecule has 1 fully saturated rings. The lowest BCUT2D eigenvalue weighted by Crippen LogP contribution is -2.60. The van der Waals surface area contributed by atoms with Crippen LogP contribution in [0.15, 0.2) is 85.1 Å². The molecule has 0 aromatic heterocycles. The molecule has 73 heavy (non-hydrogen) atoms. The van der Waals surface area contributed by atoms with Crippen LogP contribution >= 0.6 is 0 Å². The van der Waals surface area contributed by atoms with Crippen molar-refractivity contribution in [3.63, 3.8) is 0 Å². The van der Waals surface area contributed by atoms with Gasteiger partial charge >= 0.3 is 0 Å². The van der Waals surface area contributed by atoms with Gasteiger partial charge in [-0.25, -0.2) is 0 Å². The summed E-state index contributed by atoms with van der Waals surface area (Å²) < 4.78 is 11.3. The summed E-state index contributed by atoms with van der Waals surface area (Å²) in [6, 6.07) is -0.829. The van der Waals surface area contributed by atoms with Gasteiger partial charge in [0.25, 0.3) is 0 Å². The predicted octanol–water partition coefficient (Wildman–Crippen LogP) is 15.4. The number of unbranched alkanes of at least 4 members (excludes halogenated alkanes) is 29. The molecule has 422 valence electrons. The molecular weight excluding hydrogens is 911 g/mol. The molecule has 0 spiro atoms. The second kappa shape index (κ2) is 52.8. The van der Waals surface area contributed by atoms with Crippen LogP contribution in [0.25, 0.3) is 0 Å². The number of carbonyl (C=O) groups excluding carboxylic acids is 1. The van der Waals surface area contributed by atoms with Crippen LogP contribution in [0.5, 0.6) is 0 Å². The summed E-state index contributed by atoms with van der Waals surface area (Å²) in [5.41, 5.74) is 0. The molecule has 0 aromatic carbocycles. The molecule has 9 nitrogen and oxygen atoms in total. The van der Waals surface area contributed by atoms with E-state index < -0.39 is 49.5 Å². The van der Waals surface area contributed by atoms with Crippen LogP contribution in [0.2, 0.25) is 0 Å². The van der Waals surface area contributed by atoms with E-state index in [0.717, 1.165) is 77.0 Å². The number of aliphatic hydroxyl groups excluding tert-OH is 5. The van der Waals surface area contributed by atoms with Crippen LogP contribution in [-0.4, -0.2) is 87.5 Å². The topological polar surface area (TPSA) is 149 Å². The van der Waals surface area contributed by atoms with Crippen LogP contribution in [0.4, 0.5) is 0 Å². The summed E-state index contributed by atoms with van der Waals surface area (Å²) in [6.45, 7) is 3.67. The highest BCUT2D eigenvalue weighted by molar-refractivity contribution is 5.76. The lowest BCUT2D eigenvalue weighted by molar-refractivity contribution is -0.302. The number of ether oxygens (including phenoxy) is 2. The summed E-state index contributed by atoms with van der Waals surface area (Å²) in [5, 5.41) is 54.6. The third-order valence-corrected chi connectivity index (χ3v) is 14.0. The van der Waals surface area contributed by atoms with E-state index in [1.54, 1.807) is 6.08 Å². The molecule has 6 N–H and O–H groups in total. The fourth-order valence-corrected chi connectivity index (χ4v) is 9.20. The molecule has 0 aliphatic carbocycles. The first-order chi connectivity index (χ1) is 35.8. The molecule has 1 heterocycles. The van der Waals surface area contributed by atoms with Gasteiger partial charge in [0.2, 0.25) is 5.91 Å². The zero-order valence-corrected chi connectivity index (χ0v) is 46.9. The van der Waals surface area contributed by atoms with Crippen molar-refractivity contribution < 1.29 is 39.8 Å². The first-order valence-corrected chi connectivity index (χ1v) is 30.3. The summed E-state index contributed by atoms with van der Waals surface area (Å²) >= 11 is 0. The van der Waals surface area contributed by atoms with Gasteiger partial charge < -0.3 is 40.3 Å². The molecule has 1 rings (SSSR count). The monoisotopic (exact) mass is 1020 g/mol. The van der Waals surface area contributed by atoms with Crippen molar-refractivity contribution in [3.05, 3.63) is 85.1 Å². The number of allylic oxidation sites excluding steroid dienone is 13. The van der Waals surface area contributed by atoms with Crippen LogP contribution in [0.1, 0.15) is 258 Å². The number of aliphatic hydroxyl groups is 5. The number of carbonyl (C=O) groups is 1. The Balaban J connectivity index is 2.24. The Morgan fingerprint density at radius 3 is 1.32 bits per heavy atom. The molecule has 1 aliphatic rings. The van der Waals surface area contributed by atoms with Gasteiger partial charge in [-0.3, -0.25) is 4.79 Å². The van der Waals surface area contributed by atoms with Gasteiger partial charge in [-0.2, -0.15) is 0 Å². The quantitative estimate of drug-likeness (QED) is 0.0261. The molecule has 0 bridgehead atoms. The van der Waals surface area contributed by atoms with Gasteiger partial charge in [0, 0.05) is 6.42 Å². The standard InChI is InChI=1S/C64H113NO8/c1-3-5-7-9-11-13-15-17-19-21-23-25-27-28-29-30-32-34-36-38-40-42-44-46-48-50-52-54-60(68)65-57(56-72-64-63(71)62(70)61(69)59(55-66)73-64)58(67)53-51-49-47-45-43-41-39-37-35-33-31-26-24-22-20-18-16-14-12-10-8-6-4-2/h5,7,11,13,17,19,23,25,28-29,43,45,51,53,57-59,61-64,66-67,69-71H,3-4,6,8-10,12,14-16,18,20-22,24,26-27,30-42,44,46-50,52,54-56H2,1-2H3,(H,65,68)/b7-5-,13-11-,19-17-,25-23-,29-28-,45-43+,53-51+. The van der Waals surface area contributed by atoms with Gasteiger partial charge in [0.05, 0.1) is 25.4 Å². The Labute approximate surface area is 448 Å².